The van der Waals surface area contributed by atoms with Gasteiger partial charge in [0, 0.05) is 18.5 Å². The molecule has 21 heavy (non-hydrogen) atoms. The number of benzene rings is 1. The van der Waals surface area contributed by atoms with Crippen molar-refractivity contribution >= 4 is 31.5 Å². The van der Waals surface area contributed by atoms with E-state index in [9.17, 15) is 16.8 Å². The molecule has 1 aromatic rings. The highest BCUT2D eigenvalue weighted by atomic mass is 35.5. The van der Waals surface area contributed by atoms with Gasteiger partial charge in [-0.3, -0.25) is 0 Å². The van der Waals surface area contributed by atoms with Gasteiger partial charge in [-0.2, -0.15) is 4.31 Å². The smallest absolute Gasteiger partial charge is 0.218 e. The zero-order chi connectivity index (χ0) is 15.7. The predicted octanol–water partition coefficient (Wildman–Crippen LogP) is 1.37. The van der Waals surface area contributed by atoms with Gasteiger partial charge in [0.15, 0.2) is 9.84 Å². The number of nitrogens with zero attached hydrogens (tertiary/aromatic N) is 1. The fourth-order valence-electron chi connectivity index (χ4n) is 2.49. The molecular formula is C13H18ClNO4S2. The summed E-state index contributed by atoms with van der Waals surface area (Å²) in [4.78, 5) is 0. The average molecular weight is 352 g/mol. The van der Waals surface area contributed by atoms with Gasteiger partial charge in [-0.1, -0.05) is 24.3 Å². The topological polar surface area (TPSA) is 71.5 Å². The lowest BCUT2D eigenvalue weighted by Gasteiger charge is -2.32. The van der Waals surface area contributed by atoms with Crippen LogP contribution in [0.5, 0.6) is 0 Å². The van der Waals surface area contributed by atoms with Gasteiger partial charge in [0.25, 0.3) is 0 Å². The van der Waals surface area contributed by atoms with E-state index in [4.69, 9.17) is 11.6 Å². The molecule has 1 heterocycles. The Morgan fingerprint density at radius 3 is 2.62 bits per heavy atom. The van der Waals surface area contributed by atoms with Crippen molar-refractivity contribution in [1.29, 1.82) is 0 Å². The van der Waals surface area contributed by atoms with Crippen LogP contribution >= 0.6 is 11.6 Å². The Bertz CT molecular complexity index is 715. The fraction of sp³-hybridized carbons (Fsp3) is 0.538. The molecule has 0 saturated carbocycles. The van der Waals surface area contributed by atoms with Crippen LogP contribution in [0.1, 0.15) is 18.1 Å². The number of sulfone groups is 1. The monoisotopic (exact) mass is 351 g/mol. The summed E-state index contributed by atoms with van der Waals surface area (Å²) in [5.74, 6) is -0.0411. The van der Waals surface area contributed by atoms with Gasteiger partial charge in [0.1, 0.15) is 0 Å². The summed E-state index contributed by atoms with van der Waals surface area (Å²) >= 11 is 5.75. The molecule has 5 nitrogen and oxygen atoms in total. The summed E-state index contributed by atoms with van der Waals surface area (Å²) in [7, 11) is -6.67. The number of hydrogen-bond acceptors (Lipinski definition) is 4. The van der Waals surface area contributed by atoms with Crippen molar-refractivity contribution in [2.45, 2.75) is 24.6 Å². The Hall–Kier alpha value is -0.630. The molecule has 1 saturated heterocycles. The molecule has 1 fully saturated rings. The van der Waals surface area contributed by atoms with Crippen LogP contribution < -0.4 is 0 Å². The van der Waals surface area contributed by atoms with Gasteiger partial charge in [0.05, 0.1) is 17.3 Å². The Morgan fingerprint density at radius 2 is 2.00 bits per heavy atom. The van der Waals surface area contributed by atoms with Gasteiger partial charge in [-0.25, -0.2) is 16.8 Å². The summed E-state index contributed by atoms with van der Waals surface area (Å²) < 4.78 is 49.3. The molecule has 0 radical (unpaired) electrons. The summed E-state index contributed by atoms with van der Waals surface area (Å²) in [6, 6.07) is 6.57. The molecule has 2 rings (SSSR count). The minimum atomic E-state index is -3.53. The van der Waals surface area contributed by atoms with Crippen LogP contribution in [-0.4, -0.2) is 45.2 Å². The lowest BCUT2D eigenvalue weighted by Crippen LogP contribution is -2.49. The number of rotatable bonds is 4. The second-order valence-electron chi connectivity index (χ2n) is 5.28. The van der Waals surface area contributed by atoms with E-state index in [1.807, 2.05) is 6.07 Å². The van der Waals surface area contributed by atoms with E-state index in [-0.39, 0.29) is 23.8 Å². The van der Waals surface area contributed by atoms with E-state index in [2.05, 4.69) is 0 Å². The summed E-state index contributed by atoms with van der Waals surface area (Å²) in [5.41, 5.74) is 1.52. The van der Waals surface area contributed by atoms with Crippen molar-refractivity contribution in [1.82, 2.24) is 4.31 Å². The maximum Gasteiger partial charge on any atom is 0.218 e. The molecule has 0 aromatic heterocycles. The number of hydrogen-bond donors (Lipinski definition) is 0. The van der Waals surface area contributed by atoms with Crippen LogP contribution in [0.25, 0.3) is 0 Å². The first kappa shape index (κ1) is 16.7. The molecule has 0 aliphatic carbocycles. The second-order valence-corrected chi connectivity index (χ2v) is 9.70. The van der Waals surface area contributed by atoms with Crippen LogP contribution in [0.3, 0.4) is 0 Å². The molecule has 8 heteroatoms. The SMILES string of the molecule is CC1CS(=O)(=O)CCN1S(=O)(=O)Cc1cccc(CCl)c1. The molecule has 1 aliphatic heterocycles. The molecule has 0 spiro atoms. The van der Waals surface area contributed by atoms with Crippen LogP contribution in [0.15, 0.2) is 24.3 Å². The minimum Gasteiger partial charge on any atom is -0.229 e. The van der Waals surface area contributed by atoms with Crippen LogP contribution in [0.2, 0.25) is 0 Å². The van der Waals surface area contributed by atoms with E-state index in [0.29, 0.717) is 11.4 Å². The summed E-state index contributed by atoms with van der Waals surface area (Å²) in [6.45, 7) is 1.66. The third-order valence-corrected chi connectivity index (χ3v) is 7.52. The molecule has 0 bridgehead atoms. The van der Waals surface area contributed by atoms with Crippen molar-refractivity contribution in [3.05, 3.63) is 35.4 Å². The standard InChI is InChI=1S/C13H18ClNO4S2/c1-11-9-20(16,17)6-5-15(11)21(18,19)10-13-4-2-3-12(7-13)8-14/h2-4,7,11H,5-6,8-10H2,1H3. The Balaban J connectivity index is 2.18. The Labute approximate surface area is 130 Å². The van der Waals surface area contributed by atoms with Crippen LogP contribution in [-0.2, 0) is 31.5 Å². The molecule has 0 N–H and O–H groups in total. The van der Waals surface area contributed by atoms with E-state index in [0.717, 1.165) is 5.56 Å². The predicted molar refractivity (Wildman–Crippen MR) is 83.4 cm³/mol. The van der Waals surface area contributed by atoms with Gasteiger partial charge in [-0.05, 0) is 18.1 Å². The zero-order valence-corrected chi connectivity index (χ0v) is 14.1. The maximum absolute atomic E-state index is 12.5. The first-order valence-corrected chi connectivity index (χ1v) is 10.5. The quantitative estimate of drug-likeness (QED) is 0.768. The second kappa shape index (κ2) is 6.24. The third kappa shape index (κ3) is 4.18. The van der Waals surface area contributed by atoms with Crippen LogP contribution in [0.4, 0.5) is 0 Å². The third-order valence-electron chi connectivity index (χ3n) is 3.46. The fourth-order valence-corrected chi connectivity index (χ4v) is 6.18. The molecule has 118 valence electrons. The highest BCUT2D eigenvalue weighted by molar-refractivity contribution is 7.92. The minimum absolute atomic E-state index is 0.0288. The molecule has 1 unspecified atom stereocenters. The molecule has 0 amide bonds. The van der Waals surface area contributed by atoms with Gasteiger partial charge < -0.3 is 0 Å². The van der Waals surface area contributed by atoms with Gasteiger partial charge >= 0.3 is 0 Å². The molecular weight excluding hydrogens is 334 g/mol. The van der Waals surface area contributed by atoms with E-state index >= 15 is 0 Å². The highest BCUT2D eigenvalue weighted by Gasteiger charge is 2.35. The first-order chi connectivity index (χ1) is 9.73. The average Bonchev–Trinajstić information content (AvgIpc) is 2.36. The van der Waals surface area contributed by atoms with Gasteiger partial charge in [-0.15, -0.1) is 11.6 Å². The van der Waals surface area contributed by atoms with E-state index in [1.54, 1.807) is 25.1 Å². The van der Waals surface area contributed by atoms with E-state index < -0.39 is 25.9 Å². The highest BCUT2D eigenvalue weighted by Crippen LogP contribution is 2.20. The normalized spacial score (nSPS) is 23.0. The van der Waals surface area contributed by atoms with Crippen molar-refractivity contribution in [3.8, 4) is 0 Å². The number of alkyl halides is 1. The van der Waals surface area contributed by atoms with Crippen LogP contribution in [0, 0.1) is 0 Å². The van der Waals surface area contributed by atoms with Crippen molar-refractivity contribution in [2.75, 3.05) is 18.1 Å². The van der Waals surface area contributed by atoms with Crippen molar-refractivity contribution in [2.24, 2.45) is 0 Å². The lowest BCUT2D eigenvalue weighted by molar-refractivity contribution is 0.356. The number of sulfonamides is 1. The first-order valence-electron chi connectivity index (χ1n) is 6.57. The summed E-state index contributed by atoms with van der Waals surface area (Å²) in [5, 5.41) is 0. The Morgan fingerprint density at radius 1 is 1.33 bits per heavy atom. The maximum atomic E-state index is 12.5. The van der Waals surface area contributed by atoms with Gasteiger partial charge in [0.2, 0.25) is 10.0 Å². The summed E-state index contributed by atoms with van der Waals surface area (Å²) in [6.07, 6.45) is 0. The lowest BCUT2D eigenvalue weighted by atomic mass is 10.2. The van der Waals surface area contributed by atoms with Crippen molar-refractivity contribution in [3.63, 3.8) is 0 Å². The Kier molecular flexibility index (Phi) is 4.97. The molecule has 1 aliphatic rings. The molecule has 1 atom stereocenters. The largest absolute Gasteiger partial charge is 0.229 e. The molecule has 1 aromatic carbocycles. The van der Waals surface area contributed by atoms with Crippen molar-refractivity contribution < 1.29 is 16.8 Å². The van der Waals surface area contributed by atoms with E-state index in [1.165, 1.54) is 4.31 Å². The number of halogens is 1. The zero-order valence-electron chi connectivity index (χ0n) is 11.7.